The molecule has 0 saturated carbocycles. The monoisotopic (exact) mass is 281 g/mol. The molecule has 1 aliphatic heterocycles. The number of nitrogens with one attached hydrogen (secondary N) is 1. The number of hydrogen-bond donors (Lipinski definition) is 2. The van der Waals surface area contributed by atoms with E-state index in [1.807, 2.05) is 13.8 Å². The maximum atomic E-state index is 11.9. The first-order valence-corrected chi connectivity index (χ1v) is 7.18. The van der Waals surface area contributed by atoms with Crippen LogP contribution in [0.25, 0.3) is 0 Å². The molecular weight excluding hydrogens is 258 g/mol. The van der Waals surface area contributed by atoms with E-state index in [9.17, 15) is 4.79 Å². The minimum Gasteiger partial charge on any atom is -0.396 e. The molecule has 6 nitrogen and oxygen atoms in total. The Morgan fingerprint density at radius 2 is 2.45 bits per heavy atom. The summed E-state index contributed by atoms with van der Waals surface area (Å²) in [6, 6.07) is 1.76. The fourth-order valence-corrected chi connectivity index (χ4v) is 2.47. The van der Waals surface area contributed by atoms with Crippen molar-refractivity contribution in [3.05, 3.63) is 11.8 Å². The molecule has 2 rings (SSSR count). The van der Waals surface area contributed by atoms with E-state index in [2.05, 4.69) is 15.4 Å². The summed E-state index contributed by atoms with van der Waals surface area (Å²) in [7, 11) is 0. The summed E-state index contributed by atoms with van der Waals surface area (Å²) in [5.41, 5.74) is 0.837. The number of aliphatic hydroxyl groups excluding tert-OH is 1. The summed E-state index contributed by atoms with van der Waals surface area (Å²) < 4.78 is 5.09. The average molecular weight is 281 g/mol. The average Bonchev–Trinajstić information content (AvgIpc) is 2.99. The predicted octanol–water partition coefficient (Wildman–Crippen LogP) is 1.44. The fourth-order valence-electron chi connectivity index (χ4n) is 2.47. The zero-order valence-electron chi connectivity index (χ0n) is 12.1. The highest BCUT2D eigenvalue weighted by Crippen LogP contribution is 2.20. The molecule has 2 N–H and O–H groups in total. The van der Waals surface area contributed by atoms with E-state index in [4.69, 9.17) is 9.63 Å². The van der Waals surface area contributed by atoms with E-state index in [0.717, 1.165) is 31.6 Å². The van der Waals surface area contributed by atoms with Crippen LogP contribution in [0.5, 0.6) is 0 Å². The number of aromatic nitrogens is 1. The first-order valence-electron chi connectivity index (χ1n) is 7.18. The summed E-state index contributed by atoms with van der Waals surface area (Å²) in [5, 5.41) is 15.6. The van der Waals surface area contributed by atoms with Crippen LogP contribution in [0, 0.1) is 5.92 Å². The smallest absolute Gasteiger partial charge is 0.240 e. The van der Waals surface area contributed by atoms with E-state index in [1.54, 1.807) is 6.07 Å². The molecule has 1 unspecified atom stereocenters. The highest BCUT2D eigenvalue weighted by atomic mass is 16.5. The van der Waals surface area contributed by atoms with Crippen molar-refractivity contribution in [2.24, 2.45) is 5.92 Å². The van der Waals surface area contributed by atoms with Gasteiger partial charge in [-0.1, -0.05) is 19.0 Å². The molecule has 112 valence electrons. The Hall–Kier alpha value is -1.40. The maximum Gasteiger partial charge on any atom is 0.240 e. The lowest BCUT2D eigenvalue weighted by Gasteiger charge is -2.14. The lowest BCUT2D eigenvalue weighted by molar-refractivity contribution is -0.117. The van der Waals surface area contributed by atoms with E-state index < -0.39 is 0 Å². The van der Waals surface area contributed by atoms with Gasteiger partial charge in [-0.3, -0.25) is 15.0 Å². The Labute approximate surface area is 119 Å². The first-order chi connectivity index (χ1) is 9.58. The molecule has 0 aliphatic carbocycles. The van der Waals surface area contributed by atoms with Crippen LogP contribution in [-0.4, -0.2) is 47.3 Å². The number of carbonyl (C=O) groups excluding carboxylic acids is 1. The van der Waals surface area contributed by atoms with E-state index in [0.29, 0.717) is 18.3 Å². The third-order valence-electron chi connectivity index (χ3n) is 3.66. The summed E-state index contributed by atoms with van der Waals surface area (Å²) >= 11 is 0. The molecule has 1 saturated heterocycles. The van der Waals surface area contributed by atoms with Crippen molar-refractivity contribution < 1.29 is 14.4 Å². The molecule has 1 aromatic rings. The van der Waals surface area contributed by atoms with Gasteiger partial charge in [0, 0.05) is 19.2 Å². The zero-order valence-corrected chi connectivity index (χ0v) is 12.1. The molecule has 1 aliphatic rings. The second kappa shape index (κ2) is 6.85. The van der Waals surface area contributed by atoms with Gasteiger partial charge in [0.05, 0.1) is 12.2 Å². The van der Waals surface area contributed by atoms with E-state index in [1.165, 1.54) is 0 Å². The van der Waals surface area contributed by atoms with Crippen molar-refractivity contribution in [3.63, 3.8) is 0 Å². The lowest BCUT2D eigenvalue weighted by atomic mass is 10.1. The first kappa shape index (κ1) is 15.0. The fraction of sp³-hybridized carbons (Fsp3) is 0.714. The van der Waals surface area contributed by atoms with Crippen LogP contribution in [0.15, 0.2) is 10.6 Å². The highest BCUT2D eigenvalue weighted by Gasteiger charge is 2.23. The number of carbonyl (C=O) groups is 1. The number of rotatable bonds is 6. The van der Waals surface area contributed by atoms with Crippen molar-refractivity contribution in [1.82, 2.24) is 10.1 Å². The summed E-state index contributed by atoms with van der Waals surface area (Å²) in [5.74, 6) is 1.11. The van der Waals surface area contributed by atoms with Gasteiger partial charge in [-0.25, -0.2) is 0 Å². The molecule has 2 heterocycles. The van der Waals surface area contributed by atoms with E-state index >= 15 is 0 Å². The van der Waals surface area contributed by atoms with Gasteiger partial charge in [-0.15, -0.1) is 0 Å². The Balaban J connectivity index is 1.78. The number of amides is 1. The van der Waals surface area contributed by atoms with Gasteiger partial charge in [0.25, 0.3) is 0 Å². The van der Waals surface area contributed by atoms with Crippen molar-refractivity contribution in [2.45, 2.75) is 32.6 Å². The normalized spacial score (nSPS) is 19.7. The van der Waals surface area contributed by atoms with E-state index in [-0.39, 0.29) is 18.4 Å². The predicted molar refractivity (Wildman–Crippen MR) is 75.5 cm³/mol. The van der Waals surface area contributed by atoms with Gasteiger partial charge in [-0.05, 0) is 31.2 Å². The third kappa shape index (κ3) is 4.05. The Morgan fingerprint density at radius 3 is 3.10 bits per heavy atom. The molecule has 1 aromatic heterocycles. The molecule has 0 bridgehead atoms. The van der Waals surface area contributed by atoms with Crippen molar-refractivity contribution >= 4 is 11.8 Å². The van der Waals surface area contributed by atoms with Gasteiger partial charge >= 0.3 is 0 Å². The Kier molecular flexibility index (Phi) is 5.14. The minimum absolute atomic E-state index is 0.0823. The second-order valence-corrected chi connectivity index (χ2v) is 5.72. The third-order valence-corrected chi connectivity index (χ3v) is 3.66. The lowest BCUT2D eigenvalue weighted by Crippen LogP contribution is -2.31. The molecule has 0 spiro atoms. The van der Waals surface area contributed by atoms with Crippen molar-refractivity contribution in [2.75, 3.05) is 31.6 Å². The minimum atomic E-state index is -0.0823. The van der Waals surface area contributed by atoms with Crippen LogP contribution in [0.2, 0.25) is 0 Å². The SMILES string of the molecule is CC(C)c1cc(NC(=O)CN2CCC(CCO)C2)on1. The number of anilines is 1. The summed E-state index contributed by atoms with van der Waals surface area (Å²) in [4.78, 5) is 14.0. The van der Waals surface area contributed by atoms with Gasteiger partial charge in [0.1, 0.15) is 0 Å². The summed E-state index contributed by atoms with van der Waals surface area (Å²) in [6.07, 6.45) is 1.87. The topological polar surface area (TPSA) is 78.6 Å². The van der Waals surface area contributed by atoms with Crippen LogP contribution in [0.1, 0.15) is 38.3 Å². The van der Waals surface area contributed by atoms with Crippen molar-refractivity contribution in [3.8, 4) is 0 Å². The number of likely N-dealkylation sites (tertiary alicyclic amines) is 1. The highest BCUT2D eigenvalue weighted by molar-refractivity contribution is 5.91. The second-order valence-electron chi connectivity index (χ2n) is 5.72. The molecular formula is C14H23N3O3. The molecule has 20 heavy (non-hydrogen) atoms. The van der Waals surface area contributed by atoms with Crippen molar-refractivity contribution in [1.29, 1.82) is 0 Å². The molecule has 6 heteroatoms. The van der Waals surface area contributed by atoms with Crippen LogP contribution in [0.4, 0.5) is 5.88 Å². The van der Waals surface area contributed by atoms with Crippen LogP contribution >= 0.6 is 0 Å². The Morgan fingerprint density at radius 1 is 1.65 bits per heavy atom. The van der Waals surface area contributed by atoms with Crippen LogP contribution in [-0.2, 0) is 4.79 Å². The number of hydrogen-bond acceptors (Lipinski definition) is 5. The molecule has 1 atom stereocenters. The largest absolute Gasteiger partial charge is 0.396 e. The molecule has 0 aromatic carbocycles. The standard InChI is InChI=1S/C14H23N3O3/c1-10(2)12-7-14(20-16-12)15-13(19)9-17-5-3-11(8-17)4-6-18/h7,10-11,18H,3-6,8-9H2,1-2H3,(H,15,19). The molecule has 1 amide bonds. The Bertz CT molecular complexity index is 445. The van der Waals surface area contributed by atoms with Gasteiger partial charge in [-0.2, -0.15) is 0 Å². The zero-order chi connectivity index (χ0) is 14.5. The van der Waals surface area contributed by atoms with Crippen LogP contribution in [0.3, 0.4) is 0 Å². The molecule has 1 fully saturated rings. The van der Waals surface area contributed by atoms with Gasteiger partial charge in [0.2, 0.25) is 11.8 Å². The number of aliphatic hydroxyl groups is 1. The quantitative estimate of drug-likeness (QED) is 0.825. The summed E-state index contributed by atoms with van der Waals surface area (Å²) in [6.45, 7) is 6.41. The maximum absolute atomic E-state index is 11.9. The van der Waals surface area contributed by atoms with Crippen LogP contribution < -0.4 is 5.32 Å². The molecule has 0 radical (unpaired) electrons. The number of nitrogens with zero attached hydrogens (tertiary/aromatic N) is 2. The van der Waals surface area contributed by atoms with Gasteiger partial charge < -0.3 is 9.63 Å². The van der Waals surface area contributed by atoms with Gasteiger partial charge in [0.15, 0.2) is 0 Å².